The largest absolute Gasteiger partial charge is 0.390 e. The molecule has 0 unspecified atom stereocenters. The van der Waals surface area contributed by atoms with Crippen LogP contribution in [0, 0.1) is 0 Å². The van der Waals surface area contributed by atoms with Crippen molar-refractivity contribution in [3.8, 4) is 5.69 Å². The lowest BCUT2D eigenvalue weighted by atomic mass is 10.3. The van der Waals surface area contributed by atoms with Gasteiger partial charge in [-0.25, -0.2) is 4.98 Å². The van der Waals surface area contributed by atoms with Crippen molar-refractivity contribution in [1.82, 2.24) is 9.55 Å². The molecule has 1 N–H and O–H groups in total. The molecule has 0 amide bonds. The van der Waals surface area contributed by atoms with Gasteiger partial charge in [-0.15, -0.1) is 0 Å². The Morgan fingerprint density at radius 2 is 2.13 bits per heavy atom. The SMILES string of the molecule is OCc1cn(-c2cc(Cl)ccc2Cl)cn1. The van der Waals surface area contributed by atoms with Crippen LogP contribution in [-0.4, -0.2) is 14.7 Å². The summed E-state index contributed by atoms with van der Waals surface area (Å²) in [6.07, 6.45) is 3.29. The van der Waals surface area contributed by atoms with E-state index in [-0.39, 0.29) is 6.61 Å². The molecule has 0 aliphatic carbocycles. The summed E-state index contributed by atoms with van der Waals surface area (Å²) in [7, 11) is 0. The highest BCUT2D eigenvalue weighted by molar-refractivity contribution is 6.34. The number of benzene rings is 1. The summed E-state index contributed by atoms with van der Waals surface area (Å²) in [6.45, 7) is -0.0921. The van der Waals surface area contributed by atoms with Crippen molar-refractivity contribution in [1.29, 1.82) is 0 Å². The van der Waals surface area contributed by atoms with E-state index in [4.69, 9.17) is 28.3 Å². The van der Waals surface area contributed by atoms with Crippen LogP contribution < -0.4 is 0 Å². The van der Waals surface area contributed by atoms with E-state index in [1.165, 1.54) is 0 Å². The maximum Gasteiger partial charge on any atom is 0.0996 e. The Morgan fingerprint density at radius 1 is 1.33 bits per heavy atom. The predicted molar refractivity (Wildman–Crippen MR) is 59.5 cm³/mol. The van der Waals surface area contributed by atoms with E-state index >= 15 is 0 Å². The van der Waals surface area contributed by atoms with Crippen LogP contribution in [0.25, 0.3) is 5.69 Å². The fourth-order valence-electron chi connectivity index (χ4n) is 1.26. The number of imidazole rings is 1. The maximum absolute atomic E-state index is 8.89. The molecule has 2 aromatic rings. The molecule has 0 bridgehead atoms. The number of halogens is 2. The van der Waals surface area contributed by atoms with Gasteiger partial charge < -0.3 is 9.67 Å². The molecule has 1 aromatic carbocycles. The third-order valence-electron chi connectivity index (χ3n) is 1.98. The monoisotopic (exact) mass is 242 g/mol. The molecule has 78 valence electrons. The van der Waals surface area contributed by atoms with Crippen LogP contribution in [0.4, 0.5) is 0 Å². The molecule has 5 heteroatoms. The van der Waals surface area contributed by atoms with Gasteiger partial charge in [0.2, 0.25) is 0 Å². The van der Waals surface area contributed by atoms with E-state index in [2.05, 4.69) is 4.98 Å². The third kappa shape index (κ3) is 2.15. The second kappa shape index (κ2) is 4.23. The molecule has 1 heterocycles. The van der Waals surface area contributed by atoms with Gasteiger partial charge in [0.1, 0.15) is 0 Å². The lowest BCUT2D eigenvalue weighted by Crippen LogP contribution is -1.91. The highest BCUT2D eigenvalue weighted by Gasteiger charge is 2.04. The molecule has 0 radical (unpaired) electrons. The Hall–Kier alpha value is -1.03. The molecule has 0 fully saturated rings. The first-order valence-corrected chi connectivity index (χ1v) is 5.05. The van der Waals surface area contributed by atoms with E-state index in [1.807, 2.05) is 0 Å². The van der Waals surface area contributed by atoms with E-state index in [0.29, 0.717) is 15.7 Å². The summed E-state index contributed by atoms with van der Waals surface area (Å²) in [4.78, 5) is 3.99. The van der Waals surface area contributed by atoms with Crippen molar-refractivity contribution in [2.75, 3.05) is 0 Å². The average molecular weight is 243 g/mol. The summed E-state index contributed by atoms with van der Waals surface area (Å²) in [5, 5.41) is 10.1. The molecule has 0 spiro atoms. The topological polar surface area (TPSA) is 38.0 Å². The van der Waals surface area contributed by atoms with Gasteiger partial charge in [-0.05, 0) is 18.2 Å². The normalized spacial score (nSPS) is 10.6. The smallest absolute Gasteiger partial charge is 0.0996 e. The predicted octanol–water partition coefficient (Wildman–Crippen LogP) is 2.67. The molecular formula is C10H8Cl2N2O. The van der Waals surface area contributed by atoms with Gasteiger partial charge >= 0.3 is 0 Å². The molecule has 15 heavy (non-hydrogen) atoms. The van der Waals surface area contributed by atoms with Crippen LogP contribution in [0.5, 0.6) is 0 Å². The van der Waals surface area contributed by atoms with Gasteiger partial charge in [0.05, 0.1) is 29.3 Å². The summed E-state index contributed by atoms with van der Waals surface area (Å²) in [5.41, 5.74) is 1.34. The van der Waals surface area contributed by atoms with E-state index in [1.54, 1.807) is 35.3 Å². The summed E-state index contributed by atoms with van der Waals surface area (Å²) in [5.74, 6) is 0. The zero-order valence-electron chi connectivity index (χ0n) is 7.69. The van der Waals surface area contributed by atoms with Crippen molar-refractivity contribution in [3.63, 3.8) is 0 Å². The quantitative estimate of drug-likeness (QED) is 0.880. The highest BCUT2D eigenvalue weighted by Crippen LogP contribution is 2.24. The van der Waals surface area contributed by atoms with Crippen molar-refractivity contribution >= 4 is 23.2 Å². The number of hydrogen-bond donors (Lipinski definition) is 1. The summed E-state index contributed by atoms with van der Waals surface area (Å²) < 4.78 is 1.72. The highest BCUT2D eigenvalue weighted by atomic mass is 35.5. The minimum atomic E-state index is -0.0921. The molecule has 0 aliphatic heterocycles. The fraction of sp³-hybridized carbons (Fsp3) is 0.100. The first kappa shape index (κ1) is 10.5. The Bertz CT molecular complexity index is 482. The molecule has 0 aliphatic rings. The molecular weight excluding hydrogens is 235 g/mol. The molecule has 2 rings (SSSR count). The van der Waals surface area contributed by atoms with Gasteiger partial charge in [-0.2, -0.15) is 0 Å². The Labute approximate surface area is 96.9 Å². The summed E-state index contributed by atoms with van der Waals surface area (Å²) in [6, 6.07) is 5.18. The van der Waals surface area contributed by atoms with Gasteiger partial charge in [-0.1, -0.05) is 23.2 Å². The van der Waals surface area contributed by atoms with Gasteiger partial charge in [0, 0.05) is 11.2 Å². The van der Waals surface area contributed by atoms with Gasteiger partial charge in [-0.3, -0.25) is 0 Å². The van der Waals surface area contributed by atoms with Crippen molar-refractivity contribution in [3.05, 3.63) is 46.5 Å². The fourth-order valence-corrected chi connectivity index (χ4v) is 1.64. The average Bonchev–Trinajstić information content (AvgIpc) is 2.70. The summed E-state index contributed by atoms with van der Waals surface area (Å²) >= 11 is 11.9. The molecule has 0 saturated carbocycles. The number of aliphatic hydroxyl groups is 1. The first-order chi connectivity index (χ1) is 7.20. The van der Waals surface area contributed by atoms with Crippen LogP contribution in [0.2, 0.25) is 10.0 Å². The zero-order chi connectivity index (χ0) is 10.8. The Morgan fingerprint density at radius 3 is 2.80 bits per heavy atom. The number of hydrogen-bond acceptors (Lipinski definition) is 2. The molecule has 3 nitrogen and oxygen atoms in total. The number of rotatable bonds is 2. The Balaban J connectivity index is 2.48. The maximum atomic E-state index is 8.89. The van der Waals surface area contributed by atoms with Gasteiger partial charge in [0.15, 0.2) is 0 Å². The zero-order valence-corrected chi connectivity index (χ0v) is 9.20. The van der Waals surface area contributed by atoms with E-state index < -0.39 is 0 Å². The van der Waals surface area contributed by atoms with Crippen LogP contribution in [0.15, 0.2) is 30.7 Å². The molecule has 0 saturated heterocycles. The number of aliphatic hydroxyl groups excluding tert-OH is 1. The second-order valence-electron chi connectivity index (χ2n) is 3.03. The third-order valence-corrected chi connectivity index (χ3v) is 2.54. The van der Waals surface area contributed by atoms with Crippen molar-refractivity contribution < 1.29 is 5.11 Å². The van der Waals surface area contributed by atoms with Crippen LogP contribution >= 0.6 is 23.2 Å². The molecule has 1 aromatic heterocycles. The van der Waals surface area contributed by atoms with E-state index in [9.17, 15) is 0 Å². The Kier molecular flexibility index (Phi) is 2.95. The van der Waals surface area contributed by atoms with Crippen LogP contribution in [0.1, 0.15) is 5.69 Å². The second-order valence-corrected chi connectivity index (χ2v) is 3.87. The number of nitrogens with zero attached hydrogens (tertiary/aromatic N) is 2. The van der Waals surface area contributed by atoms with Crippen molar-refractivity contribution in [2.45, 2.75) is 6.61 Å². The lowest BCUT2D eigenvalue weighted by Gasteiger charge is -2.04. The first-order valence-electron chi connectivity index (χ1n) is 4.30. The standard InChI is InChI=1S/C10H8Cl2N2O/c11-7-1-2-9(12)10(3-7)14-4-8(5-15)13-6-14/h1-4,6,15H,5H2. The van der Waals surface area contributed by atoms with Crippen LogP contribution in [0.3, 0.4) is 0 Å². The minimum Gasteiger partial charge on any atom is -0.390 e. The minimum absolute atomic E-state index is 0.0921. The van der Waals surface area contributed by atoms with Crippen LogP contribution in [-0.2, 0) is 6.61 Å². The van der Waals surface area contributed by atoms with Gasteiger partial charge in [0.25, 0.3) is 0 Å². The lowest BCUT2D eigenvalue weighted by molar-refractivity contribution is 0.277. The number of aromatic nitrogens is 2. The van der Waals surface area contributed by atoms with E-state index in [0.717, 1.165) is 5.69 Å². The molecule has 0 atom stereocenters. The van der Waals surface area contributed by atoms with Crippen molar-refractivity contribution in [2.24, 2.45) is 0 Å².